The molecule has 2 N–H and O–H groups in total. The molecule has 0 radical (unpaired) electrons. The standard InChI is InChI=1S/C17H25N3O2/c1-13-12-15(20-8-10-22-11-9-20)6-7-16(13)19-17(21)18-14-4-2-3-5-14/h6-7,12,14H,2-5,8-11H2,1H3,(H2,18,19,21). The first-order valence-corrected chi connectivity index (χ1v) is 8.23. The van der Waals surface area contributed by atoms with Crippen LogP contribution >= 0.6 is 0 Å². The van der Waals surface area contributed by atoms with Crippen LogP contribution in [0.5, 0.6) is 0 Å². The van der Waals surface area contributed by atoms with Gasteiger partial charge in [0.1, 0.15) is 0 Å². The SMILES string of the molecule is Cc1cc(N2CCOCC2)ccc1NC(=O)NC1CCCC1. The van der Waals surface area contributed by atoms with Gasteiger partial charge in [0.2, 0.25) is 0 Å². The molecule has 1 aliphatic carbocycles. The molecule has 5 nitrogen and oxygen atoms in total. The molecule has 0 bridgehead atoms. The summed E-state index contributed by atoms with van der Waals surface area (Å²) in [5.41, 5.74) is 3.17. The van der Waals surface area contributed by atoms with E-state index in [-0.39, 0.29) is 6.03 Å². The molecule has 1 heterocycles. The summed E-state index contributed by atoms with van der Waals surface area (Å²) >= 11 is 0. The van der Waals surface area contributed by atoms with Crippen molar-refractivity contribution in [2.75, 3.05) is 36.5 Å². The van der Waals surface area contributed by atoms with E-state index in [9.17, 15) is 4.79 Å². The Kier molecular flexibility index (Phi) is 4.83. The lowest BCUT2D eigenvalue weighted by Crippen LogP contribution is -2.37. The monoisotopic (exact) mass is 303 g/mol. The van der Waals surface area contributed by atoms with Crippen molar-refractivity contribution < 1.29 is 9.53 Å². The Morgan fingerprint density at radius 1 is 1.23 bits per heavy atom. The molecule has 0 aromatic heterocycles. The van der Waals surface area contributed by atoms with Gasteiger partial charge in [-0.2, -0.15) is 0 Å². The smallest absolute Gasteiger partial charge is 0.319 e. The number of nitrogens with zero attached hydrogens (tertiary/aromatic N) is 1. The number of anilines is 2. The van der Waals surface area contributed by atoms with Crippen LogP contribution in [0.2, 0.25) is 0 Å². The first-order valence-electron chi connectivity index (χ1n) is 8.23. The van der Waals surface area contributed by atoms with Crippen LogP contribution in [0.3, 0.4) is 0 Å². The van der Waals surface area contributed by atoms with E-state index >= 15 is 0 Å². The summed E-state index contributed by atoms with van der Waals surface area (Å²) in [5.74, 6) is 0. The number of urea groups is 1. The van der Waals surface area contributed by atoms with Crippen molar-refractivity contribution in [3.05, 3.63) is 23.8 Å². The summed E-state index contributed by atoms with van der Waals surface area (Å²) in [6.07, 6.45) is 4.64. The first-order chi connectivity index (χ1) is 10.7. The number of ether oxygens (including phenoxy) is 1. The number of rotatable bonds is 3. The van der Waals surface area contributed by atoms with Crippen LogP contribution in [-0.4, -0.2) is 38.4 Å². The summed E-state index contributed by atoms with van der Waals surface area (Å²) in [4.78, 5) is 14.4. The van der Waals surface area contributed by atoms with Gasteiger partial charge in [0.05, 0.1) is 13.2 Å². The number of benzene rings is 1. The van der Waals surface area contributed by atoms with Crippen molar-refractivity contribution in [3.63, 3.8) is 0 Å². The van der Waals surface area contributed by atoms with E-state index in [1.165, 1.54) is 18.5 Å². The first kappa shape index (κ1) is 15.2. The summed E-state index contributed by atoms with van der Waals surface area (Å²) < 4.78 is 5.38. The van der Waals surface area contributed by atoms with Gasteiger partial charge in [-0.1, -0.05) is 12.8 Å². The maximum Gasteiger partial charge on any atom is 0.319 e. The van der Waals surface area contributed by atoms with Gasteiger partial charge in [-0.25, -0.2) is 4.79 Å². The highest BCUT2D eigenvalue weighted by molar-refractivity contribution is 5.90. The van der Waals surface area contributed by atoms with Crippen LogP contribution in [-0.2, 0) is 4.74 Å². The Morgan fingerprint density at radius 3 is 2.64 bits per heavy atom. The number of morpholine rings is 1. The maximum atomic E-state index is 12.1. The van der Waals surface area contributed by atoms with Gasteiger partial charge in [0, 0.05) is 30.5 Å². The van der Waals surface area contributed by atoms with Crippen LogP contribution in [0, 0.1) is 6.92 Å². The topological polar surface area (TPSA) is 53.6 Å². The third-order valence-corrected chi connectivity index (χ3v) is 4.52. The van der Waals surface area contributed by atoms with Gasteiger partial charge in [0.25, 0.3) is 0 Å². The molecule has 0 spiro atoms. The lowest BCUT2D eigenvalue weighted by Gasteiger charge is -2.29. The second-order valence-corrected chi connectivity index (χ2v) is 6.18. The number of carbonyl (C=O) groups excluding carboxylic acids is 1. The van der Waals surface area contributed by atoms with Crippen LogP contribution < -0.4 is 15.5 Å². The van der Waals surface area contributed by atoms with E-state index in [1.807, 2.05) is 13.0 Å². The molecule has 1 aromatic carbocycles. The molecule has 2 amide bonds. The molecule has 1 saturated carbocycles. The third-order valence-electron chi connectivity index (χ3n) is 4.52. The third kappa shape index (κ3) is 3.71. The molecule has 3 rings (SSSR count). The summed E-state index contributed by atoms with van der Waals surface area (Å²) in [5, 5.41) is 6.03. The molecular formula is C17H25N3O2. The molecule has 120 valence electrons. The fraction of sp³-hybridized carbons (Fsp3) is 0.588. The highest BCUT2D eigenvalue weighted by Crippen LogP contribution is 2.24. The minimum atomic E-state index is -0.0888. The average Bonchev–Trinajstić information content (AvgIpc) is 3.03. The normalized spacial score (nSPS) is 19.2. The fourth-order valence-electron chi connectivity index (χ4n) is 3.22. The molecule has 22 heavy (non-hydrogen) atoms. The molecule has 0 unspecified atom stereocenters. The second-order valence-electron chi connectivity index (χ2n) is 6.18. The Morgan fingerprint density at radius 2 is 1.95 bits per heavy atom. The zero-order chi connectivity index (χ0) is 15.4. The van der Waals surface area contributed by atoms with Crippen molar-refractivity contribution in [1.82, 2.24) is 5.32 Å². The lowest BCUT2D eigenvalue weighted by molar-refractivity contribution is 0.122. The van der Waals surface area contributed by atoms with E-state index in [0.717, 1.165) is 50.4 Å². The number of carbonyl (C=O) groups is 1. The summed E-state index contributed by atoms with van der Waals surface area (Å²) in [7, 11) is 0. The predicted octanol–water partition coefficient (Wildman–Crippen LogP) is 2.90. The van der Waals surface area contributed by atoms with Gasteiger partial charge in [-0.3, -0.25) is 0 Å². The van der Waals surface area contributed by atoms with Crippen LogP contribution in [0.15, 0.2) is 18.2 Å². The predicted molar refractivity (Wildman–Crippen MR) is 88.6 cm³/mol. The summed E-state index contributed by atoms with van der Waals surface area (Å²) in [6, 6.07) is 6.45. The van der Waals surface area contributed by atoms with E-state index in [4.69, 9.17) is 4.74 Å². The molecule has 2 fully saturated rings. The number of hydrogen-bond acceptors (Lipinski definition) is 3. The lowest BCUT2D eigenvalue weighted by atomic mass is 10.1. The van der Waals surface area contributed by atoms with Crippen molar-refractivity contribution >= 4 is 17.4 Å². The molecule has 1 saturated heterocycles. The van der Waals surface area contributed by atoms with Crippen LogP contribution in [0.25, 0.3) is 0 Å². The van der Waals surface area contributed by atoms with Crippen LogP contribution in [0.4, 0.5) is 16.2 Å². The molecule has 1 aromatic rings. The van der Waals surface area contributed by atoms with E-state index < -0.39 is 0 Å². The average molecular weight is 303 g/mol. The largest absolute Gasteiger partial charge is 0.378 e. The Hall–Kier alpha value is -1.75. The minimum Gasteiger partial charge on any atom is -0.378 e. The second kappa shape index (κ2) is 7.01. The number of nitrogens with one attached hydrogen (secondary N) is 2. The van der Waals surface area contributed by atoms with Crippen molar-refractivity contribution in [1.29, 1.82) is 0 Å². The number of hydrogen-bond donors (Lipinski definition) is 2. The molecule has 5 heteroatoms. The van der Waals surface area contributed by atoms with E-state index in [1.54, 1.807) is 0 Å². The van der Waals surface area contributed by atoms with Crippen LogP contribution in [0.1, 0.15) is 31.2 Å². The van der Waals surface area contributed by atoms with Gasteiger partial charge in [-0.05, 0) is 43.5 Å². The zero-order valence-electron chi connectivity index (χ0n) is 13.2. The zero-order valence-corrected chi connectivity index (χ0v) is 13.2. The quantitative estimate of drug-likeness (QED) is 0.903. The highest BCUT2D eigenvalue weighted by atomic mass is 16.5. The van der Waals surface area contributed by atoms with Gasteiger partial charge >= 0.3 is 6.03 Å². The summed E-state index contributed by atoms with van der Waals surface area (Å²) in [6.45, 7) is 5.45. The van der Waals surface area contributed by atoms with Gasteiger partial charge in [0.15, 0.2) is 0 Å². The highest BCUT2D eigenvalue weighted by Gasteiger charge is 2.17. The van der Waals surface area contributed by atoms with E-state index in [0.29, 0.717) is 6.04 Å². The Bertz CT molecular complexity index is 521. The molecular weight excluding hydrogens is 278 g/mol. The van der Waals surface area contributed by atoms with Crippen molar-refractivity contribution in [2.45, 2.75) is 38.6 Å². The molecule has 1 aliphatic heterocycles. The number of aryl methyl sites for hydroxylation is 1. The molecule has 2 aliphatic rings. The van der Waals surface area contributed by atoms with Gasteiger partial charge < -0.3 is 20.3 Å². The fourth-order valence-corrected chi connectivity index (χ4v) is 3.22. The van der Waals surface area contributed by atoms with Crippen molar-refractivity contribution in [2.24, 2.45) is 0 Å². The van der Waals surface area contributed by atoms with Crippen molar-refractivity contribution in [3.8, 4) is 0 Å². The molecule has 0 atom stereocenters. The maximum absolute atomic E-state index is 12.1. The minimum absolute atomic E-state index is 0.0888. The Labute approximate surface area is 132 Å². The number of amides is 2. The van der Waals surface area contributed by atoms with Gasteiger partial charge in [-0.15, -0.1) is 0 Å². The Balaban J connectivity index is 1.60. The van der Waals surface area contributed by atoms with E-state index in [2.05, 4.69) is 27.7 Å².